The van der Waals surface area contributed by atoms with Crippen LogP contribution >= 0.6 is 0 Å². The first-order chi connectivity index (χ1) is 17.4. The highest BCUT2D eigenvalue weighted by molar-refractivity contribution is 5.70. The number of quaternary nitrogens is 1. The molecule has 4 nitrogen and oxygen atoms in total. The number of carbonyl (C=O) groups excluding carboxylic acids is 1. The number of hydrogen-bond acceptors (Lipinski definition) is 3. The molecular formula is C32H50NO3+. The van der Waals surface area contributed by atoms with Crippen LogP contribution in [-0.4, -0.2) is 37.4 Å². The molecule has 0 fully saturated rings. The van der Waals surface area contributed by atoms with E-state index < -0.39 is 6.29 Å². The van der Waals surface area contributed by atoms with E-state index in [-0.39, 0.29) is 5.97 Å². The van der Waals surface area contributed by atoms with Gasteiger partial charge in [0, 0.05) is 12.5 Å². The zero-order chi connectivity index (χ0) is 26.1. The van der Waals surface area contributed by atoms with Gasteiger partial charge in [-0.05, 0) is 30.5 Å². The van der Waals surface area contributed by atoms with E-state index in [4.69, 9.17) is 9.47 Å². The monoisotopic (exact) mass is 496 g/mol. The topological polar surface area (TPSA) is 35.5 Å². The minimum atomic E-state index is -0.619. The van der Waals surface area contributed by atoms with Crippen LogP contribution in [0.1, 0.15) is 95.6 Å². The second-order valence-electron chi connectivity index (χ2n) is 10.8. The Bertz CT molecular complexity index is 849. The first-order valence-corrected chi connectivity index (χ1v) is 14.2. The van der Waals surface area contributed by atoms with Gasteiger partial charge < -0.3 is 14.0 Å². The maximum absolute atomic E-state index is 12.5. The smallest absolute Gasteiger partial charge is 0.364 e. The highest BCUT2D eigenvalue weighted by Crippen LogP contribution is 2.19. The number of carbonyl (C=O) groups is 1. The third-order valence-electron chi connectivity index (χ3n) is 6.58. The second kappa shape index (κ2) is 17.2. The van der Waals surface area contributed by atoms with Crippen LogP contribution < -0.4 is 4.74 Å². The SMILES string of the molecule is CCCCCCCCCCCCCc1cccc(OC(C)OC(=O)C[N+](C)(C)Cc2ccccc2)c1. The van der Waals surface area contributed by atoms with Crippen LogP contribution in [-0.2, 0) is 22.5 Å². The second-order valence-corrected chi connectivity index (χ2v) is 10.8. The Morgan fingerprint density at radius 3 is 2.00 bits per heavy atom. The van der Waals surface area contributed by atoms with Crippen LogP contribution in [0.3, 0.4) is 0 Å². The molecule has 1 unspecified atom stereocenters. The molecule has 0 spiro atoms. The number of hydrogen-bond donors (Lipinski definition) is 0. The predicted molar refractivity (Wildman–Crippen MR) is 150 cm³/mol. The molecule has 4 heteroatoms. The molecule has 2 rings (SSSR count). The van der Waals surface area contributed by atoms with Gasteiger partial charge in [0.1, 0.15) is 12.3 Å². The fourth-order valence-corrected chi connectivity index (χ4v) is 4.69. The summed E-state index contributed by atoms with van der Waals surface area (Å²) < 4.78 is 12.0. The highest BCUT2D eigenvalue weighted by Gasteiger charge is 2.23. The van der Waals surface area contributed by atoms with Gasteiger partial charge >= 0.3 is 5.97 Å². The molecule has 0 saturated heterocycles. The van der Waals surface area contributed by atoms with Crippen LogP contribution in [0.4, 0.5) is 0 Å². The normalized spacial score (nSPS) is 12.3. The van der Waals surface area contributed by atoms with Crippen molar-refractivity contribution in [2.75, 3.05) is 20.6 Å². The van der Waals surface area contributed by atoms with Crippen LogP contribution in [0.25, 0.3) is 0 Å². The zero-order valence-corrected chi connectivity index (χ0v) is 23.3. The summed E-state index contributed by atoms with van der Waals surface area (Å²) in [5, 5.41) is 0. The molecule has 0 aliphatic heterocycles. The van der Waals surface area contributed by atoms with Crippen LogP contribution in [0.5, 0.6) is 5.75 Å². The molecule has 0 saturated carbocycles. The van der Waals surface area contributed by atoms with Gasteiger partial charge in [0.15, 0.2) is 6.54 Å². The Morgan fingerprint density at radius 2 is 1.36 bits per heavy atom. The van der Waals surface area contributed by atoms with Gasteiger partial charge in [-0.15, -0.1) is 0 Å². The van der Waals surface area contributed by atoms with E-state index in [0.717, 1.165) is 18.7 Å². The number of ether oxygens (including phenoxy) is 2. The molecule has 0 bridgehead atoms. The summed E-state index contributed by atoms with van der Waals surface area (Å²) >= 11 is 0. The molecule has 2 aromatic rings. The largest absolute Gasteiger partial charge is 0.455 e. The summed E-state index contributed by atoms with van der Waals surface area (Å²) in [5.41, 5.74) is 2.48. The lowest BCUT2D eigenvalue weighted by molar-refractivity contribution is -0.896. The van der Waals surface area contributed by atoms with E-state index >= 15 is 0 Å². The van der Waals surface area contributed by atoms with Gasteiger partial charge in [-0.3, -0.25) is 0 Å². The van der Waals surface area contributed by atoms with Crippen molar-refractivity contribution < 1.29 is 18.8 Å². The van der Waals surface area contributed by atoms with Crippen molar-refractivity contribution in [1.29, 1.82) is 0 Å². The number of rotatable bonds is 19. The van der Waals surface area contributed by atoms with Crippen molar-refractivity contribution in [2.45, 2.75) is 104 Å². The fourth-order valence-electron chi connectivity index (χ4n) is 4.69. The van der Waals surface area contributed by atoms with Gasteiger partial charge in [0.05, 0.1) is 14.1 Å². The van der Waals surface area contributed by atoms with Gasteiger partial charge in [-0.25, -0.2) is 4.79 Å². The number of benzene rings is 2. The van der Waals surface area contributed by atoms with Crippen molar-refractivity contribution >= 4 is 5.97 Å². The summed E-state index contributed by atoms with van der Waals surface area (Å²) in [6.07, 6.45) is 15.4. The minimum Gasteiger partial charge on any atom is -0.455 e. The van der Waals surface area contributed by atoms with Crippen molar-refractivity contribution in [3.8, 4) is 5.75 Å². The quantitative estimate of drug-likeness (QED) is 0.0853. The average Bonchev–Trinajstić information content (AvgIpc) is 2.82. The maximum Gasteiger partial charge on any atom is 0.364 e. The number of likely N-dealkylation sites (N-methyl/N-ethyl adjacent to an activating group) is 1. The Labute approximate surface area is 220 Å². The van der Waals surface area contributed by atoms with Crippen molar-refractivity contribution in [2.24, 2.45) is 0 Å². The molecule has 2 aromatic carbocycles. The first-order valence-electron chi connectivity index (χ1n) is 14.2. The lowest BCUT2D eigenvalue weighted by atomic mass is 10.0. The number of esters is 1. The molecule has 0 amide bonds. The van der Waals surface area contributed by atoms with Crippen LogP contribution in [0.15, 0.2) is 54.6 Å². The molecule has 0 aromatic heterocycles. The van der Waals surface area contributed by atoms with E-state index in [0.29, 0.717) is 11.0 Å². The number of aryl methyl sites for hydroxylation is 1. The van der Waals surface area contributed by atoms with Crippen LogP contribution in [0.2, 0.25) is 0 Å². The van der Waals surface area contributed by atoms with E-state index in [2.05, 4.69) is 31.2 Å². The molecule has 200 valence electrons. The van der Waals surface area contributed by atoms with Crippen LogP contribution in [0, 0.1) is 0 Å². The third kappa shape index (κ3) is 13.7. The Morgan fingerprint density at radius 1 is 0.778 bits per heavy atom. The Kier molecular flexibility index (Phi) is 14.3. The van der Waals surface area contributed by atoms with E-state index in [9.17, 15) is 4.79 Å². The average molecular weight is 497 g/mol. The molecule has 0 N–H and O–H groups in total. The predicted octanol–water partition coefficient (Wildman–Crippen LogP) is 8.08. The Balaban J connectivity index is 1.62. The summed E-state index contributed by atoms with van der Waals surface area (Å²) in [6.45, 7) is 5.12. The molecule has 36 heavy (non-hydrogen) atoms. The molecule has 0 heterocycles. The van der Waals surface area contributed by atoms with Gasteiger partial charge in [-0.2, -0.15) is 0 Å². The molecular weight excluding hydrogens is 446 g/mol. The minimum absolute atomic E-state index is 0.249. The van der Waals surface area contributed by atoms with Crippen molar-refractivity contribution in [3.63, 3.8) is 0 Å². The van der Waals surface area contributed by atoms with Gasteiger partial charge in [-0.1, -0.05) is 114 Å². The standard InChI is InChI=1S/C32H50NO3/c1-5-6-7-8-9-10-11-12-13-14-16-20-29-23-19-24-31(25-29)35-28(2)36-32(34)27-33(3,4)26-30-21-17-15-18-22-30/h15,17-19,21-25,28H,5-14,16,20,26-27H2,1-4H3/q+1. The lowest BCUT2D eigenvalue weighted by Crippen LogP contribution is -2.44. The van der Waals surface area contributed by atoms with Crippen molar-refractivity contribution in [1.82, 2.24) is 0 Å². The summed E-state index contributed by atoms with van der Waals surface area (Å²) in [7, 11) is 4.08. The molecule has 0 aliphatic carbocycles. The van der Waals surface area contributed by atoms with E-state index in [1.54, 1.807) is 6.92 Å². The Hall–Kier alpha value is -2.33. The molecule has 1 atom stereocenters. The molecule has 0 radical (unpaired) electrons. The summed E-state index contributed by atoms with van der Waals surface area (Å²) in [5.74, 6) is 0.509. The zero-order valence-electron chi connectivity index (χ0n) is 23.3. The summed E-state index contributed by atoms with van der Waals surface area (Å²) in [4.78, 5) is 12.5. The van der Waals surface area contributed by atoms with Crippen molar-refractivity contribution in [3.05, 3.63) is 65.7 Å². The van der Waals surface area contributed by atoms with Gasteiger partial charge in [0.2, 0.25) is 6.29 Å². The maximum atomic E-state index is 12.5. The highest BCUT2D eigenvalue weighted by atomic mass is 16.7. The first kappa shape index (κ1) is 29.9. The fraction of sp³-hybridized carbons (Fsp3) is 0.594. The van der Waals surface area contributed by atoms with Gasteiger partial charge in [0.25, 0.3) is 0 Å². The van der Waals surface area contributed by atoms with E-state index in [1.165, 1.54) is 81.8 Å². The molecule has 0 aliphatic rings. The van der Waals surface area contributed by atoms with E-state index in [1.807, 2.05) is 44.4 Å². The lowest BCUT2D eigenvalue weighted by Gasteiger charge is -2.29. The number of unbranched alkanes of at least 4 members (excludes halogenated alkanes) is 10. The third-order valence-corrected chi connectivity index (χ3v) is 6.58. The summed E-state index contributed by atoms with van der Waals surface area (Å²) in [6, 6.07) is 18.4. The number of nitrogens with zero attached hydrogens (tertiary/aromatic N) is 1.